The maximum Gasteiger partial charge on any atom is 0.0527 e. The average Bonchev–Trinajstić information content (AvgIpc) is 1.93. The summed E-state index contributed by atoms with van der Waals surface area (Å²) in [7, 11) is 2.16. The predicted molar refractivity (Wildman–Crippen MR) is 46.6 cm³/mol. The first kappa shape index (κ1) is 9.01. The lowest BCUT2D eigenvalue weighted by Gasteiger charge is -2.33. The van der Waals surface area contributed by atoms with E-state index < -0.39 is 0 Å². The molecule has 1 N–H and O–H groups in total. The van der Waals surface area contributed by atoms with Crippen molar-refractivity contribution in [2.75, 3.05) is 13.6 Å². The van der Waals surface area contributed by atoms with E-state index in [-0.39, 0.29) is 6.10 Å². The molecule has 0 saturated carbocycles. The minimum absolute atomic E-state index is 0.138. The van der Waals surface area contributed by atoms with Crippen molar-refractivity contribution >= 4 is 0 Å². The second-order valence-electron chi connectivity index (χ2n) is 3.71. The van der Waals surface area contributed by atoms with Crippen LogP contribution >= 0.6 is 0 Å². The molecule has 0 spiro atoms. The Morgan fingerprint density at radius 1 is 1.55 bits per heavy atom. The summed E-state index contributed by atoms with van der Waals surface area (Å²) >= 11 is 0. The second-order valence-corrected chi connectivity index (χ2v) is 3.71. The second kappa shape index (κ2) is 4.07. The molecule has 11 heavy (non-hydrogen) atoms. The number of aliphatic hydroxyl groups excluding tert-OH is 1. The largest absolute Gasteiger partial charge is 0.393 e. The topological polar surface area (TPSA) is 23.5 Å². The first-order valence-electron chi connectivity index (χ1n) is 4.58. The van der Waals surface area contributed by atoms with E-state index in [1.54, 1.807) is 0 Å². The van der Waals surface area contributed by atoms with Crippen LogP contribution in [0.4, 0.5) is 0 Å². The van der Waals surface area contributed by atoms with Crippen molar-refractivity contribution in [2.45, 2.75) is 44.8 Å². The molecule has 1 rings (SSSR count). The molecule has 1 aliphatic rings. The monoisotopic (exact) mass is 157 g/mol. The predicted octanol–water partition coefficient (Wildman–Crippen LogP) is 1.24. The highest BCUT2D eigenvalue weighted by molar-refractivity contribution is 4.75. The Balaban J connectivity index is 2.29. The summed E-state index contributed by atoms with van der Waals surface area (Å²) in [6.07, 6.45) is 4.73. The lowest BCUT2D eigenvalue weighted by atomic mass is 9.98. The molecule has 0 aromatic rings. The fraction of sp³-hybridized carbons (Fsp3) is 1.00. The number of aliphatic hydroxyl groups is 1. The summed E-state index contributed by atoms with van der Waals surface area (Å²) in [5.41, 5.74) is 0. The number of piperidine rings is 1. The van der Waals surface area contributed by atoms with Gasteiger partial charge in [-0.05, 0) is 39.8 Å². The fourth-order valence-electron chi connectivity index (χ4n) is 1.84. The standard InChI is InChI=1S/C9H19NO/c1-8(11)7-9-5-3-4-6-10(9)2/h8-9,11H,3-7H2,1-2H3/t8-,9?/m0/s1. The Morgan fingerprint density at radius 3 is 2.82 bits per heavy atom. The molecule has 2 atom stereocenters. The molecular formula is C9H19NO. The molecule has 0 amide bonds. The van der Waals surface area contributed by atoms with Crippen LogP contribution in [0, 0.1) is 0 Å². The van der Waals surface area contributed by atoms with Crippen LogP contribution in [0.2, 0.25) is 0 Å². The quantitative estimate of drug-likeness (QED) is 0.652. The van der Waals surface area contributed by atoms with Crippen LogP contribution < -0.4 is 0 Å². The van der Waals surface area contributed by atoms with Gasteiger partial charge in [-0.3, -0.25) is 0 Å². The van der Waals surface area contributed by atoms with Crippen LogP contribution in [0.3, 0.4) is 0 Å². The third kappa shape index (κ3) is 2.80. The fourth-order valence-corrected chi connectivity index (χ4v) is 1.84. The van der Waals surface area contributed by atoms with Gasteiger partial charge in [-0.25, -0.2) is 0 Å². The Kier molecular flexibility index (Phi) is 3.34. The highest BCUT2D eigenvalue weighted by Crippen LogP contribution is 2.18. The van der Waals surface area contributed by atoms with E-state index in [1.165, 1.54) is 25.8 Å². The molecule has 0 aromatic heterocycles. The van der Waals surface area contributed by atoms with Crippen molar-refractivity contribution in [1.82, 2.24) is 4.90 Å². The zero-order valence-corrected chi connectivity index (χ0v) is 7.58. The molecule has 1 heterocycles. The Morgan fingerprint density at radius 2 is 2.27 bits per heavy atom. The Labute approximate surface area is 69.2 Å². The van der Waals surface area contributed by atoms with Gasteiger partial charge in [0.2, 0.25) is 0 Å². The first-order valence-corrected chi connectivity index (χ1v) is 4.58. The maximum absolute atomic E-state index is 9.20. The zero-order valence-electron chi connectivity index (χ0n) is 7.58. The SMILES string of the molecule is C[C@H](O)CC1CCCCN1C. The summed E-state index contributed by atoms with van der Waals surface area (Å²) in [5.74, 6) is 0. The molecule has 1 unspecified atom stereocenters. The molecule has 2 nitrogen and oxygen atoms in total. The Hall–Kier alpha value is -0.0800. The normalized spacial score (nSPS) is 30.3. The summed E-state index contributed by atoms with van der Waals surface area (Å²) in [5, 5.41) is 9.20. The minimum atomic E-state index is -0.138. The lowest BCUT2D eigenvalue weighted by Crippen LogP contribution is -2.38. The number of hydrogen-bond donors (Lipinski definition) is 1. The van der Waals surface area contributed by atoms with Crippen molar-refractivity contribution in [2.24, 2.45) is 0 Å². The smallest absolute Gasteiger partial charge is 0.0527 e. The van der Waals surface area contributed by atoms with Crippen LogP contribution in [0.1, 0.15) is 32.6 Å². The Bertz CT molecular complexity index is 114. The van der Waals surface area contributed by atoms with Crippen molar-refractivity contribution in [1.29, 1.82) is 0 Å². The van der Waals surface area contributed by atoms with Crippen molar-refractivity contribution in [3.63, 3.8) is 0 Å². The highest BCUT2D eigenvalue weighted by atomic mass is 16.3. The van der Waals surface area contributed by atoms with Gasteiger partial charge in [0.15, 0.2) is 0 Å². The molecule has 1 aliphatic heterocycles. The minimum Gasteiger partial charge on any atom is -0.393 e. The molecule has 1 saturated heterocycles. The molecule has 0 aliphatic carbocycles. The van der Waals surface area contributed by atoms with Gasteiger partial charge in [0, 0.05) is 6.04 Å². The van der Waals surface area contributed by atoms with Crippen LogP contribution in [-0.4, -0.2) is 35.7 Å². The van der Waals surface area contributed by atoms with E-state index in [0.29, 0.717) is 6.04 Å². The summed E-state index contributed by atoms with van der Waals surface area (Å²) in [6.45, 7) is 3.08. The number of rotatable bonds is 2. The van der Waals surface area contributed by atoms with Gasteiger partial charge >= 0.3 is 0 Å². The number of hydrogen-bond acceptors (Lipinski definition) is 2. The van der Waals surface area contributed by atoms with Crippen molar-refractivity contribution < 1.29 is 5.11 Å². The first-order chi connectivity index (χ1) is 5.20. The van der Waals surface area contributed by atoms with E-state index in [0.717, 1.165) is 6.42 Å². The van der Waals surface area contributed by atoms with Gasteiger partial charge in [-0.2, -0.15) is 0 Å². The number of likely N-dealkylation sites (tertiary alicyclic amines) is 1. The highest BCUT2D eigenvalue weighted by Gasteiger charge is 2.19. The van der Waals surface area contributed by atoms with E-state index >= 15 is 0 Å². The average molecular weight is 157 g/mol. The lowest BCUT2D eigenvalue weighted by molar-refractivity contribution is 0.105. The van der Waals surface area contributed by atoms with E-state index in [4.69, 9.17) is 0 Å². The van der Waals surface area contributed by atoms with Gasteiger partial charge in [-0.1, -0.05) is 6.42 Å². The molecule has 0 radical (unpaired) electrons. The van der Waals surface area contributed by atoms with Gasteiger partial charge in [-0.15, -0.1) is 0 Å². The maximum atomic E-state index is 9.20. The van der Waals surface area contributed by atoms with Crippen LogP contribution in [0.15, 0.2) is 0 Å². The van der Waals surface area contributed by atoms with Gasteiger partial charge in [0.1, 0.15) is 0 Å². The summed E-state index contributed by atoms with van der Waals surface area (Å²) in [4.78, 5) is 2.37. The van der Waals surface area contributed by atoms with Gasteiger partial charge < -0.3 is 10.0 Å². The summed E-state index contributed by atoms with van der Waals surface area (Å²) in [6, 6.07) is 0.628. The molecule has 1 fully saturated rings. The van der Waals surface area contributed by atoms with E-state index in [1.807, 2.05) is 6.92 Å². The van der Waals surface area contributed by atoms with Crippen molar-refractivity contribution in [3.8, 4) is 0 Å². The van der Waals surface area contributed by atoms with Crippen LogP contribution in [0.5, 0.6) is 0 Å². The molecule has 0 bridgehead atoms. The van der Waals surface area contributed by atoms with E-state index in [2.05, 4.69) is 11.9 Å². The molecule has 0 aromatic carbocycles. The zero-order chi connectivity index (χ0) is 8.27. The third-order valence-corrected chi connectivity index (χ3v) is 2.53. The third-order valence-electron chi connectivity index (χ3n) is 2.53. The van der Waals surface area contributed by atoms with Crippen molar-refractivity contribution in [3.05, 3.63) is 0 Å². The van der Waals surface area contributed by atoms with Crippen LogP contribution in [0.25, 0.3) is 0 Å². The summed E-state index contributed by atoms with van der Waals surface area (Å²) < 4.78 is 0. The number of nitrogens with zero attached hydrogens (tertiary/aromatic N) is 1. The van der Waals surface area contributed by atoms with Gasteiger partial charge in [0.25, 0.3) is 0 Å². The van der Waals surface area contributed by atoms with Crippen LogP contribution in [-0.2, 0) is 0 Å². The molecule has 66 valence electrons. The van der Waals surface area contributed by atoms with E-state index in [9.17, 15) is 5.11 Å². The van der Waals surface area contributed by atoms with Gasteiger partial charge in [0.05, 0.1) is 6.10 Å². The molecule has 2 heteroatoms. The molecular weight excluding hydrogens is 138 g/mol.